The zero-order chi connectivity index (χ0) is 26.9. The molecule has 1 aliphatic heterocycles. The van der Waals surface area contributed by atoms with Crippen LogP contribution in [0.1, 0.15) is 5.56 Å². The van der Waals surface area contributed by atoms with Crippen LogP contribution in [-0.4, -0.2) is 68.6 Å². The molecule has 35 heavy (non-hydrogen) atoms. The lowest BCUT2D eigenvalue weighted by Crippen LogP contribution is -2.66. The van der Waals surface area contributed by atoms with Crippen LogP contribution in [-0.2, 0) is 34.1 Å². The average Bonchev–Trinajstić information content (AvgIpc) is 2.98. The van der Waals surface area contributed by atoms with Gasteiger partial charge in [-0.1, -0.05) is 30.3 Å². The van der Waals surface area contributed by atoms with Gasteiger partial charge in [-0.25, -0.2) is 0 Å². The molecule has 1 saturated heterocycles. The van der Waals surface area contributed by atoms with Gasteiger partial charge >= 0.3 is 6.18 Å². The van der Waals surface area contributed by atoms with Crippen LogP contribution in [0.25, 0.3) is 0 Å². The monoisotopic (exact) mass is 554 g/mol. The maximum Gasteiger partial charge on any atom is 0.445 e. The van der Waals surface area contributed by atoms with E-state index in [9.17, 15) is 0 Å². The van der Waals surface area contributed by atoms with Crippen LogP contribution in [0.2, 0.25) is 58.9 Å². The molecule has 1 aliphatic rings. The molecule has 0 amide bonds. The Morgan fingerprint density at radius 3 is 1.74 bits per heavy atom. The van der Waals surface area contributed by atoms with Crippen molar-refractivity contribution in [2.45, 2.75) is 102 Å². The molecule has 1 aromatic rings. The maximum absolute atomic E-state index is 15.1. The Bertz CT molecular complexity index is 808. The van der Waals surface area contributed by atoms with E-state index in [2.05, 4.69) is 0 Å². The van der Waals surface area contributed by atoms with Crippen molar-refractivity contribution in [2.75, 3.05) is 7.11 Å². The van der Waals surface area contributed by atoms with E-state index in [1.54, 1.807) is 50.0 Å². The summed E-state index contributed by atoms with van der Waals surface area (Å²) in [5.74, 6) is -3.08. The van der Waals surface area contributed by atoms with Crippen LogP contribution >= 0.6 is 0 Å². The number of hydrogen-bond acceptors (Lipinski definition) is 6. The van der Waals surface area contributed by atoms with Gasteiger partial charge in [-0.3, -0.25) is 0 Å². The number of ether oxygens (including phenoxy) is 3. The Hall–Kier alpha value is -0.579. The van der Waals surface area contributed by atoms with E-state index in [0.717, 1.165) is 0 Å². The third-order valence-corrected chi connectivity index (χ3v) is 7.78. The Balaban J connectivity index is 2.66. The first-order valence-electron chi connectivity index (χ1n) is 11.8. The molecule has 0 spiro atoms. The van der Waals surface area contributed by atoms with Crippen LogP contribution in [0.15, 0.2) is 30.3 Å². The van der Waals surface area contributed by atoms with Gasteiger partial charge in [0.15, 0.2) is 37.3 Å². The zero-order valence-electron chi connectivity index (χ0n) is 22.5. The molecule has 1 heterocycles. The smallest absolute Gasteiger partial charge is 0.409 e. The molecule has 0 aromatic heterocycles. The first-order valence-corrected chi connectivity index (χ1v) is 22.0. The Morgan fingerprint density at radius 2 is 1.31 bits per heavy atom. The van der Waals surface area contributed by atoms with Gasteiger partial charge in [-0.15, -0.1) is 0 Å². The van der Waals surface area contributed by atoms with Crippen molar-refractivity contribution in [2.24, 2.45) is 0 Å². The number of halogens is 3. The molecular weight excluding hydrogens is 513 g/mol. The lowest BCUT2D eigenvalue weighted by atomic mass is 10.0. The minimum absolute atomic E-state index is 0.318. The third-order valence-electron chi connectivity index (χ3n) is 4.91. The fraction of sp³-hybridized carbons (Fsp3) is 0.739. The molecule has 2 rings (SSSR count). The van der Waals surface area contributed by atoms with E-state index in [1.165, 1.54) is 7.11 Å². The molecule has 1 fully saturated rings. The molecular formula is C23H41F3O6Si3. The van der Waals surface area contributed by atoms with Crippen LogP contribution in [0.4, 0.5) is 13.2 Å². The number of rotatable bonds is 11. The number of methoxy groups -OCH3 is 1. The summed E-state index contributed by atoms with van der Waals surface area (Å²) < 4.78 is 81.2. The first kappa shape index (κ1) is 30.6. The van der Waals surface area contributed by atoms with Gasteiger partial charge in [0.05, 0.1) is 6.61 Å². The minimum atomic E-state index is -4.93. The van der Waals surface area contributed by atoms with Crippen LogP contribution in [0.3, 0.4) is 0 Å². The van der Waals surface area contributed by atoms with Crippen molar-refractivity contribution in [1.82, 2.24) is 0 Å². The SMILES string of the molecule is CO[C@H]1O[C@H](C(OCc2ccccc2)(O[Si](C)(C)C)C(F)(F)F)[C@@H](O[Si](C)(C)C)[C@@H]1O[Si](C)(C)C. The minimum Gasteiger partial charge on any atom is -0.409 e. The summed E-state index contributed by atoms with van der Waals surface area (Å²) in [4.78, 5) is 0. The average molecular weight is 555 g/mol. The molecule has 12 heteroatoms. The van der Waals surface area contributed by atoms with Crippen LogP contribution < -0.4 is 0 Å². The normalized spacial score (nSPS) is 26.1. The summed E-state index contributed by atoms with van der Waals surface area (Å²) in [6.07, 6.45) is -9.63. The zero-order valence-corrected chi connectivity index (χ0v) is 25.5. The highest BCUT2D eigenvalue weighted by atomic mass is 28.4. The maximum atomic E-state index is 15.1. The number of benzene rings is 1. The quantitative estimate of drug-likeness (QED) is 0.242. The molecule has 0 radical (unpaired) electrons. The summed E-state index contributed by atoms with van der Waals surface area (Å²) in [5.41, 5.74) is 0.583. The summed E-state index contributed by atoms with van der Waals surface area (Å²) in [7, 11) is -6.06. The molecule has 1 aromatic carbocycles. The molecule has 0 aliphatic carbocycles. The van der Waals surface area contributed by atoms with Gasteiger partial charge in [0.25, 0.3) is 5.79 Å². The molecule has 5 atom stereocenters. The van der Waals surface area contributed by atoms with Crippen molar-refractivity contribution in [3.63, 3.8) is 0 Å². The van der Waals surface area contributed by atoms with Crippen molar-refractivity contribution in [1.29, 1.82) is 0 Å². The number of hydrogen-bond donors (Lipinski definition) is 0. The van der Waals surface area contributed by atoms with E-state index >= 15 is 13.2 Å². The van der Waals surface area contributed by atoms with Gasteiger partial charge in [-0.2, -0.15) is 13.2 Å². The predicted molar refractivity (Wildman–Crippen MR) is 137 cm³/mol. The highest BCUT2D eigenvalue weighted by Gasteiger charge is 2.71. The summed E-state index contributed by atoms with van der Waals surface area (Å²) >= 11 is 0. The van der Waals surface area contributed by atoms with Crippen molar-refractivity contribution < 1.29 is 40.7 Å². The molecule has 0 N–H and O–H groups in total. The van der Waals surface area contributed by atoms with Crippen molar-refractivity contribution in [3.8, 4) is 0 Å². The molecule has 6 nitrogen and oxygen atoms in total. The van der Waals surface area contributed by atoms with E-state index < -0.39 is 61.5 Å². The van der Waals surface area contributed by atoms with Gasteiger partial charge in [-0.05, 0) is 64.5 Å². The van der Waals surface area contributed by atoms with E-state index in [0.29, 0.717) is 5.56 Å². The van der Waals surface area contributed by atoms with Gasteiger partial charge in [0.2, 0.25) is 0 Å². The van der Waals surface area contributed by atoms with Crippen molar-refractivity contribution >= 4 is 25.0 Å². The fourth-order valence-corrected chi connectivity index (χ4v) is 7.22. The first-order chi connectivity index (χ1) is 15.8. The van der Waals surface area contributed by atoms with Gasteiger partial charge in [0, 0.05) is 7.11 Å². The second kappa shape index (κ2) is 11.0. The van der Waals surface area contributed by atoms with Crippen molar-refractivity contribution in [3.05, 3.63) is 35.9 Å². The Morgan fingerprint density at radius 1 is 0.800 bits per heavy atom. The van der Waals surface area contributed by atoms with Crippen LogP contribution in [0.5, 0.6) is 0 Å². The fourth-order valence-electron chi connectivity index (χ4n) is 3.88. The lowest BCUT2D eigenvalue weighted by Gasteiger charge is -2.45. The second-order valence-corrected chi connectivity index (χ2v) is 25.1. The summed E-state index contributed by atoms with van der Waals surface area (Å²) in [6.45, 7) is 16.4. The predicted octanol–water partition coefficient (Wildman–Crippen LogP) is 6.12. The standard InChI is InChI=1S/C23H41F3O6Si3/c1-27-21-19(31-34(5,6)7)18(30-33(2,3)4)20(29-21)22(23(24,25)26,32-35(8,9)10)28-16-17-14-12-11-13-15-17/h11-15,18-21H,16H2,1-10H3/t18-,19-,20-,21-,22?/m0/s1. The van der Waals surface area contributed by atoms with E-state index in [-0.39, 0.29) is 6.61 Å². The molecule has 0 bridgehead atoms. The lowest BCUT2D eigenvalue weighted by molar-refractivity contribution is -0.398. The molecule has 202 valence electrons. The topological polar surface area (TPSA) is 55.4 Å². The third kappa shape index (κ3) is 8.47. The highest BCUT2D eigenvalue weighted by Crippen LogP contribution is 2.47. The summed E-state index contributed by atoms with van der Waals surface area (Å²) in [5, 5.41) is 0. The van der Waals surface area contributed by atoms with Gasteiger partial charge < -0.3 is 27.5 Å². The Labute approximate surface area is 210 Å². The molecule has 0 saturated carbocycles. The van der Waals surface area contributed by atoms with Gasteiger partial charge in [0.1, 0.15) is 12.2 Å². The van der Waals surface area contributed by atoms with E-state index in [1.807, 2.05) is 39.3 Å². The second-order valence-electron chi connectivity index (χ2n) is 11.7. The largest absolute Gasteiger partial charge is 0.445 e. The van der Waals surface area contributed by atoms with Crippen LogP contribution in [0, 0.1) is 0 Å². The summed E-state index contributed by atoms with van der Waals surface area (Å²) in [6, 6.07) is 8.69. The van der Waals surface area contributed by atoms with E-state index in [4.69, 9.17) is 27.5 Å². The highest BCUT2D eigenvalue weighted by molar-refractivity contribution is 6.70. The Kier molecular flexibility index (Phi) is 9.66. The molecule has 1 unspecified atom stereocenters. The number of alkyl halides is 3.